The molecule has 102 valence electrons. The topological polar surface area (TPSA) is 66.3 Å². The summed E-state index contributed by atoms with van der Waals surface area (Å²) in [5.41, 5.74) is 0.727. The van der Waals surface area contributed by atoms with Crippen LogP contribution in [0.25, 0.3) is 0 Å². The molecule has 0 radical (unpaired) electrons. The molecule has 3 rings (SSSR count). The monoisotopic (exact) mass is 261 g/mol. The first-order valence-corrected chi connectivity index (χ1v) is 6.99. The predicted molar refractivity (Wildman–Crippen MR) is 71.3 cm³/mol. The van der Waals surface area contributed by atoms with Crippen molar-refractivity contribution in [3.05, 3.63) is 18.0 Å². The minimum Gasteiger partial charge on any atom is -0.478 e. The Balaban J connectivity index is 1.66. The molecule has 0 atom stereocenters. The maximum Gasteiger partial charge on any atom is 0.338 e. The first kappa shape index (κ1) is 12.4. The molecule has 1 aromatic heterocycles. The molecule has 1 saturated heterocycles. The van der Waals surface area contributed by atoms with E-state index in [0.717, 1.165) is 13.1 Å². The van der Waals surface area contributed by atoms with Crippen LogP contribution >= 0.6 is 0 Å². The van der Waals surface area contributed by atoms with E-state index in [4.69, 9.17) is 5.11 Å². The second-order valence-electron chi connectivity index (χ2n) is 5.77. The van der Waals surface area contributed by atoms with Crippen LogP contribution in [0.3, 0.4) is 0 Å². The van der Waals surface area contributed by atoms with Gasteiger partial charge in [-0.1, -0.05) is 12.8 Å². The van der Waals surface area contributed by atoms with Crippen molar-refractivity contribution in [1.29, 1.82) is 0 Å². The van der Waals surface area contributed by atoms with E-state index in [1.807, 2.05) is 0 Å². The lowest BCUT2D eigenvalue weighted by atomic mass is 9.77. The van der Waals surface area contributed by atoms with Gasteiger partial charge in [0.2, 0.25) is 5.95 Å². The molecule has 2 heterocycles. The van der Waals surface area contributed by atoms with Crippen molar-refractivity contribution in [1.82, 2.24) is 9.97 Å². The van der Waals surface area contributed by atoms with E-state index >= 15 is 0 Å². The van der Waals surface area contributed by atoms with Crippen molar-refractivity contribution in [2.75, 3.05) is 18.0 Å². The second-order valence-corrected chi connectivity index (χ2v) is 5.77. The largest absolute Gasteiger partial charge is 0.478 e. The zero-order valence-corrected chi connectivity index (χ0v) is 11.0. The Morgan fingerprint density at radius 1 is 1.11 bits per heavy atom. The third-order valence-corrected chi connectivity index (χ3v) is 4.66. The molecule has 1 N–H and O–H groups in total. The van der Waals surface area contributed by atoms with Crippen LogP contribution in [0.5, 0.6) is 0 Å². The highest BCUT2D eigenvalue weighted by Gasteiger charge is 2.37. The number of carboxylic acid groups (broad SMARTS) is 1. The van der Waals surface area contributed by atoms with Crippen molar-refractivity contribution in [2.24, 2.45) is 5.41 Å². The van der Waals surface area contributed by atoms with Gasteiger partial charge >= 0.3 is 5.97 Å². The molecule has 1 spiro atoms. The Bertz CT molecular complexity index is 456. The third kappa shape index (κ3) is 2.41. The molecular formula is C14H19N3O2. The molecule has 1 saturated carbocycles. The van der Waals surface area contributed by atoms with Crippen LogP contribution in [-0.2, 0) is 0 Å². The van der Waals surface area contributed by atoms with Gasteiger partial charge in [0.05, 0.1) is 5.56 Å². The lowest BCUT2D eigenvalue weighted by molar-refractivity contribution is 0.0696. The van der Waals surface area contributed by atoms with Crippen LogP contribution in [0, 0.1) is 5.41 Å². The summed E-state index contributed by atoms with van der Waals surface area (Å²) in [6, 6.07) is 0. The molecular weight excluding hydrogens is 242 g/mol. The summed E-state index contributed by atoms with van der Waals surface area (Å²) in [4.78, 5) is 21.3. The molecule has 19 heavy (non-hydrogen) atoms. The van der Waals surface area contributed by atoms with Gasteiger partial charge in [-0.2, -0.15) is 0 Å². The van der Waals surface area contributed by atoms with Gasteiger partial charge in [0.25, 0.3) is 0 Å². The number of rotatable bonds is 2. The lowest BCUT2D eigenvalue weighted by Gasteiger charge is -2.39. The van der Waals surface area contributed by atoms with Gasteiger partial charge in [-0.05, 0) is 31.1 Å². The summed E-state index contributed by atoms with van der Waals surface area (Å²) in [5.74, 6) is -0.312. The maximum absolute atomic E-state index is 10.8. The summed E-state index contributed by atoms with van der Waals surface area (Å²) >= 11 is 0. The van der Waals surface area contributed by atoms with E-state index in [1.165, 1.54) is 50.9 Å². The van der Waals surface area contributed by atoms with Crippen LogP contribution < -0.4 is 4.90 Å². The molecule has 1 aromatic rings. The Hall–Kier alpha value is -1.65. The lowest BCUT2D eigenvalue weighted by Crippen LogP contribution is -2.39. The number of aromatic nitrogens is 2. The van der Waals surface area contributed by atoms with Gasteiger partial charge in [-0.25, -0.2) is 14.8 Å². The zero-order valence-electron chi connectivity index (χ0n) is 11.0. The van der Waals surface area contributed by atoms with Crippen LogP contribution in [-0.4, -0.2) is 34.1 Å². The first-order valence-electron chi connectivity index (χ1n) is 6.99. The average Bonchev–Trinajstić information content (AvgIpc) is 2.88. The van der Waals surface area contributed by atoms with Crippen molar-refractivity contribution in [2.45, 2.75) is 38.5 Å². The average molecular weight is 261 g/mol. The van der Waals surface area contributed by atoms with Crippen molar-refractivity contribution in [3.63, 3.8) is 0 Å². The molecule has 1 aliphatic heterocycles. The highest BCUT2D eigenvalue weighted by molar-refractivity contribution is 5.86. The van der Waals surface area contributed by atoms with E-state index in [-0.39, 0.29) is 5.56 Å². The van der Waals surface area contributed by atoms with Crippen molar-refractivity contribution in [3.8, 4) is 0 Å². The van der Waals surface area contributed by atoms with E-state index in [2.05, 4.69) is 14.9 Å². The minimum absolute atomic E-state index is 0.146. The van der Waals surface area contributed by atoms with Gasteiger partial charge < -0.3 is 10.0 Å². The fraction of sp³-hybridized carbons (Fsp3) is 0.643. The normalized spacial score (nSPS) is 21.8. The van der Waals surface area contributed by atoms with Crippen molar-refractivity contribution >= 4 is 11.9 Å². The van der Waals surface area contributed by atoms with E-state index in [9.17, 15) is 4.79 Å². The molecule has 2 fully saturated rings. The fourth-order valence-corrected chi connectivity index (χ4v) is 3.40. The van der Waals surface area contributed by atoms with E-state index in [1.54, 1.807) is 0 Å². The minimum atomic E-state index is -0.977. The number of carbonyl (C=O) groups is 1. The molecule has 0 amide bonds. The number of aromatic carboxylic acids is 1. The Labute approximate surface area is 112 Å². The van der Waals surface area contributed by atoms with E-state index in [0.29, 0.717) is 11.4 Å². The maximum atomic E-state index is 10.8. The number of carboxylic acids is 1. The van der Waals surface area contributed by atoms with Crippen LogP contribution in [0.4, 0.5) is 5.95 Å². The van der Waals surface area contributed by atoms with Gasteiger partial charge in [-0.15, -0.1) is 0 Å². The third-order valence-electron chi connectivity index (χ3n) is 4.66. The Morgan fingerprint density at radius 3 is 2.21 bits per heavy atom. The molecule has 5 nitrogen and oxygen atoms in total. The predicted octanol–water partition coefficient (Wildman–Crippen LogP) is 2.34. The number of nitrogens with zero attached hydrogens (tertiary/aromatic N) is 3. The summed E-state index contributed by atoms with van der Waals surface area (Å²) in [6.07, 6.45) is 10.7. The fourth-order valence-electron chi connectivity index (χ4n) is 3.40. The second kappa shape index (κ2) is 4.79. The highest BCUT2D eigenvalue weighted by atomic mass is 16.4. The zero-order chi connectivity index (χ0) is 13.3. The molecule has 0 aromatic carbocycles. The first-order chi connectivity index (χ1) is 9.19. The summed E-state index contributed by atoms with van der Waals surface area (Å²) in [6.45, 7) is 1.98. The van der Waals surface area contributed by atoms with E-state index < -0.39 is 5.97 Å². The van der Waals surface area contributed by atoms with Crippen LogP contribution in [0.1, 0.15) is 48.9 Å². The number of piperidine rings is 1. The van der Waals surface area contributed by atoms with Crippen LogP contribution in [0.2, 0.25) is 0 Å². The number of hydrogen-bond donors (Lipinski definition) is 1. The van der Waals surface area contributed by atoms with Crippen LogP contribution in [0.15, 0.2) is 12.4 Å². The summed E-state index contributed by atoms with van der Waals surface area (Å²) < 4.78 is 0. The summed E-state index contributed by atoms with van der Waals surface area (Å²) in [7, 11) is 0. The number of hydrogen-bond acceptors (Lipinski definition) is 4. The number of anilines is 1. The Kier molecular flexibility index (Phi) is 3.12. The smallest absolute Gasteiger partial charge is 0.338 e. The Morgan fingerprint density at radius 2 is 1.68 bits per heavy atom. The molecule has 5 heteroatoms. The quantitative estimate of drug-likeness (QED) is 0.885. The van der Waals surface area contributed by atoms with Gasteiger partial charge in [0.15, 0.2) is 0 Å². The van der Waals surface area contributed by atoms with Crippen molar-refractivity contribution < 1.29 is 9.90 Å². The highest BCUT2D eigenvalue weighted by Crippen LogP contribution is 2.46. The summed E-state index contributed by atoms with van der Waals surface area (Å²) in [5, 5.41) is 8.83. The molecule has 0 unspecified atom stereocenters. The standard InChI is InChI=1S/C14H19N3O2/c18-12(19)11-9-15-13(16-10-11)17-7-5-14(6-8-17)3-1-2-4-14/h9-10H,1-8H2,(H,18,19). The SMILES string of the molecule is O=C(O)c1cnc(N2CCC3(CCCC3)CC2)nc1. The molecule has 2 aliphatic rings. The molecule has 0 bridgehead atoms. The van der Waals surface area contributed by atoms with Gasteiger partial charge in [-0.3, -0.25) is 0 Å². The van der Waals surface area contributed by atoms with Gasteiger partial charge in [0.1, 0.15) is 0 Å². The van der Waals surface area contributed by atoms with Gasteiger partial charge in [0, 0.05) is 25.5 Å². The molecule has 1 aliphatic carbocycles.